The van der Waals surface area contributed by atoms with E-state index in [1.54, 1.807) is 6.07 Å². The maximum Gasteiger partial charge on any atom is 0.186 e. The molecule has 0 spiro atoms. The molecule has 0 aliphatic heterocycles. The summed E-state index contributed by atoms with van der Waals surface area (Å²) >= 11 is 0. The fourth-order valence-corrected chi connectivity index (χ4v) is 2.43. The number of carbonyl (C=O) groups excluding carboxylic acids is 2. The zero-order valence-electron chi connectivity index (χ0n) is 11.4. The number of benzene rings is 1. The second-order valence-electron chi connectivity index (χ2n) is 5.11. The Hall–Kier alpha value is -1.70. The lowest BCUT2D eigenvalue weighted by Gasteiger charge is -2.10. The summed E-state index contributed by atoms with van der Waals surface area (Å²) in [6.07, 6.45) is 9.92. The van der Waals surface area contributed by atoms with Crippen molar-refractivity contribution in [2.45, 2.75) is 45.4 Å². The summed E-state index contributed by atoms with van der Waals surface area (Å²) in [6.45, 7) is 2.21. The molecule has 0 saturated carbocycles. The lowest BCUT2D eigenvalue weighted by Crippen LogP contribution is -2.11. The Kier molecular flexibility index (Phi) is 4.67. The quantitative estimate of drug-likeness (QED) is 0.717. The predicted molar refractivity (Wildman–Crippen MR) is 76.7 cm³/mol. The van der Waals surface area contributed by atoms with E-state index in [2.05, 4.69) is 6.92 Å². The number of hydrogen-bond acceptors (Lipinski definition) is 2. The molecule has 0 bridgehead atoms. The van der Waals surface area contributed by atoms with Gasteiger partial charge in [-0.25, -0.2) is 0 Å². The Morgan fingerprint density at radius 2 is 1.53 bits per heavy atom. The fourth-order valence-electron chi connectivity index (χ4n) is 2.43. The van der Waals surface area contributed by atoms with E-state index in [9.17, 15) is 9.59 Å². The predicted octanol–water partition coefficient (Wildman–Crippen LogP) is 4.13. The molecule has 0 heterocycles. The van der Waals surface area contributed by atoms with Gasteiger partial charge in [-0.2, -0.15) is 0 Å². The van der Waals surface area contributed by atoms with E-state index in [1.807, 2.05) is 12.1 Å². The highest BCUT2D eigenvalue weighted by atomic mass is 16.1. The van der Waals surface area contributed by atoms with E-state index in [0.717, 1.165) is 18.4 Å². The molecule has 19 heavy (non-hydrogen) atoms. The summed E-state index contributed by atoms with van der Waals surface area (Å²) in [5, 5.41) is 0. The standard InChI is InChI=1S/C17H20O2/c1-2-3-4-5-6-7-13-8-9-14-15(12-13)17(19)11-10-16(14)18/h8-12H,2-7H2,1H3. The second-order valence-corrected chi connectivity index (χ2v) is 5.11. The van der Waals surface area contributed by atoms with Crippen LogP contribution >= 0.6 is 0 Å². The van der Waals surface area contributed by atoms with E-state index in [4.69, 9.17) is 0 Å². The molecule has 0 saturated heterocycles. The van der Waals surface area contributed by atoms with Crippen LogP contribution in [0.5, 0.6) is 0 Å². The summed E-state index contributed by atoms with van der Waals surface area (Å²) in [5.41, 5.74) is 2.27. The molecule has 0 aromatic heterocycles. The Labute approximate surface area is 114 Å². The van der Waals surface area contributed by atoms with Crippen molar-refractivity contribution in [3.63, 3.8) is 0 Å². The van der Waals surface area contributed by atoms with Crippen molar-refractivity contribution in [1.29, 1.82) is 0 Å². The van der Waals surface area contributed by atoms with Crippen molar-refractivity contribution in [2.75, 3.05) is 0 Å². The average Bonchev–Trinajstić information content (AvgIpc) is 2.43. The van der Waals surface area contributed by atoms with Crippen molar-refractivity contribution < 1.29 is 9.59 Å². The van der Waals surface area contributed by atoms with Crippen LogP contribution in [0.25, 0.3) is 0 Å². The molecule has 1 aromatic rings. The van der Waals surface area contributed by atoms with E-state index in [1.165, 1.54) is 37.8 Å². The molecule has 100 valence electrons. The third kappa shape index (κ3) is 3.40. The Balaban J connectivity index is 2.00. The number of carbonyl (C=O) groups is 2. The molecule has 2 rings (SSSR count). The maximum absolute atomic E-state index is 11.8. The molecular formula is C17H20O2. The fraction of sp³-hybridized carbons (Fsp3) is 0.412. The second kappa shape index (κ2) is 6.46. The Morgan fingerprint density at radius 1 is 0.842 bits per heavy atom. The van der Waals surface area contributed by atoms with Crippen LogP contribution in [0.3, 0.4) is 0 Å². The van der Waals surface area contributed by atoms with Crippen molar-refractivity contribution in [3.05, 3.63) is 47.0 Å². The number of allylic oxidation sites excluding steroid dienone is 2. The number of hydrogen-bond donors (Lipinski definition) is 0. The Bertz CT molecular complexity index is 512. The highest BCUT2D eigenvalue weighted by Gasteiger charge is 2.18. The third-order valence-electron chi connectivity index (χ3n) is 3.57. The van der Waals surface area contributed by atoms with Crippen molar-refractivity contribution in [3.8, 4) is 0 Å². The summed E-state index contributed by atoms with van der Waals surface area (Å²) in [7, 11) is 0. The molecule has 1 aromatic carbocycles. The lowest BCUT2D eigenvalue weighted by molar-refractivity contribution is 0.0994. The Morgan fingerprint density at radius 3 is 2.26 bits per heavy atom. The van der Waals surface area contributed by atoms with Gasteiger partial charge in [-0.3, -0.25) is 9.59 Å². The number of unbranched alkanes of at least 4 members (excludes halogenated alkanes) is 4. The minimum atomic E-state index is -0.0657. The molecule has 1 aliphatic carbocycles. The normalized spacial score (nSPS) is 13.7. The van der Waals surface area contributed by atoms with Gasteiger partial charge < -0.3 is 0 Å². The van der Waals surface area contributed by atoms with Gasteiger partial charge in [0.2, 0.25) is 0 Å². The van der Waals surface area contributed by atoms with Gasteiger partial charge in [0.05, 0.1) is 0 Å². The van der Waals surface area contributed by atoms with Crippen LogP contribution in [0.1, 0.15) is 65.3 Å². The molecule has 0 unspecified atom stereocenters. The van der Waals surface area contributed by atoms with Crippen LogP contribution in [0, 0.1) is 0 Å². The number of rotatable bonds is 6. The highest BCUT2D eigenvalue weighted by molar-refractivity contribution is 6.22. The van der Waals surface area contributed by atoms with Crippen LogP contribution in [-0.2, 0) is 6.42 Å². The first-order valence-corrected chi connectivity index (χ1v) is 7.12. The van der Waals surface area contributed by atoms with Crippen LogP contribution < -0.4 is 0 Å². The van der Waals surface area contributed by atoms with Gasteiger partial charge >= 0.3 is 0 Å². The van der Waals surface area contributed by atoms with E-state index >= 15 is 0 Å². The number of fused-ring (bicyclic) bond motifs is 1. The molecule has 0 atom stereocenters. The minimum absolute atomic E-state index is 0.0533. The molecule has 1 aliphatic rings. The average molecular weight is 256 g/mol. The molecule has 0 fully saturated rings. The van der Waals surface area contributed by atoms with E-state index < -0.39 is 0 Å². The molecule has 2 nitrogen and oxygen atoms in total. The summed E-state index contributed by atoms with van der Waals surface area (Å²) in [4.78, 5) is 23.4. The van der Waals surface area contributed by atoms with Crippen molar-refractivity contribution >= 4 is 11.6 Å². The number of aryl methyl sites for hydroxylation is 1. The molecule has 0 radical (unpaired) electrons. The number of ketones is 2. The maximum atomic E-state index is 11.8. The first kappa shape index (κ1) is 13.7. The van der Waals surface area contributed by atoms with Gasteiger partial charge in [0.25, 0.3) is 0 Å². The molecule has 0 N–H and O–H groups in total. The minimum Gasteiger partial charge on any atom is -0.289 e. The highest BCUT2D eigenvalue weighted by Crippen LogP contribution is 2.20. The SMILES string of the molecule is CCCCCCCc1ccc2c(c1)C(=O)C=CC2=O. The van der Waals surface area contributed by atoms with E-state index in [0.29, 0.717) is 11.1 Å². The molecular weight excluding hydrogens is 236 g/mol. The molecule has 0 amide bonds. The van der Waals surface area contributed by atoms with Crippen molar-refractivity contribution in [2.24, 2.45) is 0 Å². The van der Waals surface area contributed by atoms with Crippen LogP contribution in [0.4, 0.5) is 0 Å². The van der Waals surface area contributed by atoms with Crippen molar-refractivity contribution in [1.82, 2.24) is 0 Å². The van der Waals surface area contributed by atoms with E-state index in [-0.39, 0.29) is 11.6 Å². The zero-order valence-corrected chi connectivity index (χ0v) is 11.4. The summed E-state index contributed by atoms with van der Waals surface area (Å²) < 4.78 is 0. The van der Waals surface area contributed by atoms with Crippen LogP contribution in [-0.4, -0.2) is 11.6 Å². The van der Waals surface area contributed by atoms with Gasteiger partial charge in [0.1, 0.15) is 0 Å². The summed E-state index contributed by atoms with van der Waals surface area (Å²) in [5.74, 6) is -0.119. The molecule has 2 heteroatoms. The third-order valence-corrected chi connectivity index (χ3v) is 3.57. The van der Waals surface area contributed by atoms with Gasteiger partial charge in [-0.1, -0.05) is 44.7 Å². The smallest absolute Gasteiger partial charge is 0.186 e. The summed E-state index contributed by atoms with van der Waals surface area (Å²) in [6, 6.07) is 5.66. The van der Waals surface area contributed by atoms with Gasteiger partial charge in [0.15, 0.2) is 11.6 Å². The first-order valence-electron chi connectivity index (χ1n) is 7.12. The van der Waals surface area contributed by atoms with Crippen LogP contribution in [0.2, 0.25) is 0 Å². The monoisotopic (exact) mass is 256 g/mol. The first-order chi connectivity index (χ1) is 9.22. The zero-order chi connectivity index (χ0) is 13.7. The largest absolute Gasteiger partial charge is 0.289 e. The van der Waals surface area contributed by atoms with Gasteiger partial charge in [-0.15, -0.1) is 0 Å². The van der Waals surface area contributed by atoms with Crippen LogP contribution in [0.15, 0.2) is 30.4 Å². The lowest BCUT2D eigenvalue weighted by atomic mass is 9.92. The topological polar surface area (TPSA) is 34.1 Å². The van der Waals surface area contributed by atoms with Gasteiger partial charge in [0, 0.05) is 11.1 Å². The van der Waals surface area contributed by atoms with Gasteiger partial charge in [-0.05, 0) is 36.6 Å².